The van der Waals surface area contributed by atoms with Crippen LogP contribution in [0.2, 0.25) is 0 Å². The number of hydrogen-bond donors (Lipinski definition) is 4. The number of nitrogens with one attached hydrogen (secondary N) is 3. The number of aromatic nitrogens is 4. The number of aryl methyl sites for hydroxylation is 1. The number of carbonyl (C=O) groups excluding carboxylic acids is 3. The summed E-state index contributed by atoms with van der Waals surface area (Å²) >= 11 is 0. The molecule has 4 N–H and O–H groups in total. The first-order chi connectivity index (χ1) is 32.0. The van der Waals surface area contributed by atoms with Crippen molar-refractivity contribution >= 4 is 51.3 Å². The van der Waals surface area contributed by atoms with E-state index in [1.807, 2.05) is 54.7 Å². The highest BCUT2D eigenvalue weighted by Crippen LogP contribution is 2.43. The first-order valence-electron chi connectivity index (χ1n) is 22.9. The van der Waals surface area contributed by atoms with Gasteiger partial charge in [0.2, 0.25) is 11.9 Å². The van der Waals surface area contributed by atoms with Crippen LogP contribution in [0.25, 0.3) is 32.9 Å². The number of rotatable bonds is 12. The molecule has 1 unspecified atom stereocenters. The Kier molecular flexibility index (Phi) is 11.4. The van der Waals surface area contributed by atoms with E-state index in [4.69, 9.17) is 19.4 Å². The van der Waals surface area contributed by atoms with Crippen molar-refractivity contribution in [2.45, 2.75) is 75.2 Å². The van der Waals surface area contributed by atoms with E-state index in [-0.39, 0.29) is 43.1 Å². The molecule has 4 amide bonds. The van der Waals surface area contributed by atoms with Crippen LogP contribution in [0.4, 0.5) is 16.4 Å². The molecule has 4 aliphatic rings. The summed E-state index contributed by atoms with van der Waals surface area (Å²) in [5.41, 5.74) is 3.55. The molecule has 3 aromatic carbocycles. The number of methoxy groups -OCH3 is 1. The van der Waals surface area contributed by atoms with Crippen molar-refractivity contribution < 1.29 is 29.0 Å². The monoisotopic (exact) mass is 893 g/mol. The lowest BCUT2D eigenvalue weighted by atomic mass is 9.87. The fourth-order valence-corrected chi connectivity index (χ4v) is 9.99. The average Bonchev–Trinajstić information content (AvgIpc) is 4.02. The molecule has 3 saturated heterocycles. The lowest BCUT2D eigenvalue weighted by Crippen LogP contribution is -2.56. The second-order valence-electron chi connectivity index (χ2n) is 18.4. The third-order valence-electron chi connectivity index (χ3n) is 14.0. The number of amides is 4. The number of aromatic amines is 1. The van der Waals surface area contributed by atoms with E-state index in [0.717, 1.165) is 97.7 Å². The van der Waals surface area contributed by atoms with Crippen LogP contribution in [0.1, 0.15) is 73.5 Å². The lowest BCUT2D eigenvalue weighted by molar-refractivity contribution is -0.120. The van der Waals surface area contributed by atoms with Crippen LogP contribution in [0, 0.1) is 0 Å². The van der Waals surface area contributed by atoms with Crippen molar-refractivity contribution in [3.05, 3.63) is 112 Å². The Labute approximate surface area is 381 Å². The standard InChI is InChI=1S/C50H55N9O7/c1-49(55-45(62)32-10-14-41(65-3)40(28-32)59-24-18-42(61)53-48(59)64)19-25-57(26-20-49)34-16-22-58(23-17-34)47-52-39-13-9-31(38-29-56(2)46(63)43-36(38)15-21-51-43)27-37(39)44(54-47)50(30-60,66-35-11-12-35)33-7-5-4-6-8-33/h4-10,13-15,21,27-29,34-35,51,60H,11-12,16-20,22-26,30H2,1-3H3,(H,55,62)(H,53,61,64). The predicted octanol–water partition coefficient (Wildman–Crippen LogP) is 5.60. The van der Waals surface area contributed by atoms with E-state index in [0.29, 0.717) is 40.2 Å². The third-order valence-corrected chi connectivity index (χ3v) is 14.0. The van der Waals surface area contributed by atoms with Gasteiger partial charge in [0.05, 0.1) is 36.7 Å². The number of benzene rings is 3. The number of aliphatic hydroxyl groups is 1. The largest absolute Gasteiger partial charge is 0.495 e. The minimum Gasteiger partial charge on any atom is -0.495 e. The van der Waals surface area contributed by atoms with E-state index in [2.05, 4.69) is 38.4 Å². The van der Waals surface area contributed by atoms with E-state index < -0.39 is 17.2 Å². The van der Waals surface area contributed by atoms with Crippen molar-refractivity contribution in [1.82, 2.24) is 35.1 Å². The normalized spacial score (nSPS) is 19.2. The van der Waals surface area contributed by atoms with E-state index in [1.54, 1.807) is 36.0 Å². The highest BCUT2D eigenvalue weighted by Gasteiger charge is 2.44. The Hall–Kier alpha value is -6.62. The molecule has 6 aromatic rings. The molecule has 0 radical (unpaired) electrons. The number of piperidine rings is 2. The molecule has 1 saturated carbocycles. The molecular weight excluding hydrogens is 839 g/mol. The number of imide groups is 1. The Bertz CT molecular complexity index is 2900. The smallest absolute Gasteiger partial charge is 0.328 e. The Balaban J connectivity index is 0.876. The number of aliphatic hydroxyl groups excluding tert-OH is 1. The van der Waals surface area contributed by atoms with Crippen molar-refractivity contribution in [2.75, 3.05) is 56.2 Å². The molecule has 4 fully saturated rings. The number of anilines is 2. The van der Waals surface area contributed by atoms with Crippen LogP contribution in [0.3, 0.4) is 0 Å². The zero-order chi connectivity index (χ0) is 45.7. The SMILES string of the molecule is COc1ccc(C(=O)NC2(C)CCN(C3CCN(c4nc(C(CO)(OC5CC5)c5ccccc5)c5cc(-c6cn(C)c(=O)c7[nH]ccc67)ccc5n4)CC3)CC2)cc1N1CCC(=O)NC1=O. The number of carbonyl (C=O) groups is 3. The van der Waals surface area contributed by atoms with E-state index in [1.165, 1.54) is 12.0 Å². The van der Waals surface area contributed by atoms with Crippen molar-refractivity contribution in [1.29, 1.82) is 0 Å². The first kappa shape index (κ1) is 43.3. The van der Waals surface area contributed by atoms with Gasteiger partial charge in [0.15, 0.2) is 5.60 Å². The number of hydrogen-bond acceptors (Lipinski definition) is 11. The van der Waals surface area contributed by atoms with Gasteiger partial charge >= 0.3 is 6.03 Å². The van der Waals surface area contributed by atoms with Crippen molar-refractivity contribution in [3.63, 3.8) is 0 Å². The van der Waals surface area contributed by atoms with Crippen LogP contribution in [0.5, 0.6) is 5.75 Å². The molecule has 0 spiro atoms. The fourth-order valence-electron chi connectivity index (χ4n) is 9.99. The second kappa shape index (κ2) is 17.3. The number of H-pyrrole nitrogens is 1. The maximum absolute atomic E-state index is 13.7. The number of ether oxygens (including phenoxy) is 2. The van der Waals surface area contributed by atoms with Crippen LogP contribution in [-0.2, 0) is 22.2 Å². The second-order valence-corrected chi connectivity index (χ2v) is 18.4. The van der Waals surface area contributed by atoms with Crippen molar-refractivity contribution in [3.8, 4) is 16.9 Å². The van der Waals surface area contributed by atoms with Crippen LogP contribution in [0.15, 0.2) is 90.0 Å². The van der Waals surface area contributed by atoms with Gasteiger partial charge in [-0.25, -0.2) is 14.8 Å². The summed E-state index contributed by atoms with van der Waals surface area (Å²) < 4.78 is 14.0. The van der Waals surface area contributed by atoms with Crippen LogP contribution >= 0.6 is 0 Å². The molecule has 16 heteroatoms. The minimum absolute atomic E-state index is 0.00825. The molecule has 3 aromatic heterocycles. The van der Waals surface area contributed by atoms with Gasteiger partial charge in [0.1, 0.15) is 11.3 Å². The van der Waals surface area contributed by atoms with Gasteiger partial charge in [-0.05, 0) is 93.0 Å². The van der Waals surface area contributed by atoms with E-state index >= 15 is 0 Å². The Morgan fingerprint density at radius 2 is 1.70 bits per heavy atom. The van der Waals surface area contributed by atoms with Crippen molar-refractivity contribution in [2.24, 2.45) is 7.05 Å². The summed E-state index contributed by atoms with van der Waals surface area (Å²) in [4.78, 5) is 71.0. The molecule has 1 aliphatic carbocycles. The van der Waals surface area contributed by atoms with Gasteiger partial charge in [-0.3, -0.25) is 24.6 Å². The molecule has 16 nitrogen and oxygen atoms in total. The average molecular weight is 894 g/mol. The summed E-state index contributed by atoms with van der Waals surface area (Å²) in [6.45, 7) is 5.11. The van der Waals surface area contributed by atoms with Gasteiger partial charge in [0, 0.05) is 92.1 Å². The molecule has 10 rings (SSSR count). The molecule has 0 bridgehead atoms. The fraction of sp³-hybridized carbons (Fsp3) is 0.400. The van der Waals surface area contributed by atoms with E-state index in [9.17, 15) is 24.3 Å². The predicted molar refractivity (Wildman–Crippen MR) is 251 cm³/mol. The number of fused-ring (bicyclic) bond motifs is 2. The van der Waals surface area contributed by atoms with Gasteiger partial charge in [-0.15, -0.1) is 0 Å². The number of nitrogens with zero attached hydrogens (tertiary/aromatic N) is 6. The molecule has 6 heterocycles. The first-order valence-corrected chi connectivity index (χ1v) is 22.9. The Morgan fingerprint density at radius 3 is 2.41 bits per heavy atom. The highest BCUT2D eigenvalue weighted by molar-refractivity contribution is 6.07. The number of pyridine rings is 1. The number of likely N-dealkylation sites (tertiary alicyclic amines) is 1. The zero-order valence-corrected chi connectivity index (χ0v) is 37.5. The Morgan fingerprint density at radius 1 is 0.924 bits per heavy atom. The van der Waals surface area contributed by atoms with Gasteiger partial charge in [-0.2, -0.15) is 0 Å². The molecule has 3 aliphatic heterocycles. The summed E-state index contributed by atoms with van der Waals surface area (Å²) in [5.74, 6) is 0.471. The summed E-state index contributed by atoms with van der Waals surface area (Å²) in [6.07, 6.45) is 8.97. The third kappa shape index (κ3) is 8.07. The van der Waals surface area contributed by atoms with Gasteiger partial charge in [-0.1, -0.05) is 36.4 Å². The molecular formula is C50H55N9O7. The topological polar surface area (TPSA) is 187 Å². The minimum atomic E-state index is -1.25. The quantitative estimate of drug-likeness (QED) is 0.120. The summed E-state index contributed by atoms with van der Waals surface area (Å²) in [7, 11) is 3.26. The molecule has 1 atom stereocenters. The molecule has 66 heavy (non-hydrogen) atoms. The summed E-state index contributed by atoms with van der Waals surface area (Å²) in [5, 5.41) is 18.7. The van der Waals surface area contributed by atoms with Gasteiger partial charge in [0.25, 0.3) is 11.5 Å². The summed E-state index contributed by atoms with van der Waals surface area (Å²) in [6, 6.07) is 22.7. The van der Waals surface area contributed by atoms with Gasteiger partial charge < -0.3 is 39.2 Å². The maximum Gasteiger partial charge on any atom is 0.328 e. The van der Waals surface area contributed by atoms with Crippen LogP contribution < -0.4 is 30.7 Å². The number of urea groups is 1. The lowest BCUT2D eigenvalue weighted by Gasteiger charge is -2.45. The zero-order valence-electron chi connectivity index (χ0n) is 37.5. The highest BCUT2D eigenvalue weighted by atomic mass is 16.5. The molecule has 342 valence electrons. The maximum atomic E-state index is 13.7. The van der Waals surface area contributed by atoms with Crippen LogP contribution in [-0.4, -0.2) is 111 Å².